The van der Waals surface area contributed by atoms with Crippen molar-refractivity contribution in [2.24, 2.45) is 46.4 Å². The number of nitrogens with two attached hydrogens (primary N) is 5. The van der Waals surface area contributed by atoms with Crippen LogP contribution in [0.5, 0.6) is 5.75 Å². The first-order valence-corrected chi connectivity index (χ1v) is 50.5. The van der Waals surface area contributed by atoms with Gasteiger partial charge in [-0.15, -0.1) is 11.8 Å². The van der Waals surface area contributed by atoms with Crippen LogP contribution in [0.3, 0.4) is 0 Å². The molecule has 46 nitrogen and oxygen atoms in total. The normalized spacial score (nSPS) is 22.8. The molecule has 2 fully saturated rings. The fourth-order valence-electron chi connectivity index (χ4n) is 16.7. The Morgan fingerprint density at radius 2 is 0.926 bits per heavy atom. The lowest BCUT2D eigenvalue weighted by atomic mass is 9.84. The number of primary amides is 2. The summed E-state index contributed by atoms with van der Waals surface area (Å²) in [6, 6.07) is 6.84. The number of carboxylic acids is 4. The van der Waals surface area contributed by atoms with Gasteiger partial charge in [0.15, 0.2) is 6.61 Å². The lowest BCUT2D eigenvalue weighted by molar-refractivity contribution is -0.143. The van der Waals surface area contributed by atoms with Crippen molar-refractivity contribution in [1.82, 2.24) is 79.3 Å². The van der Waals surface area contributed by atoms with Gasteiger partial charge in [0, 0.05) is 51.3 Å². The summed E-state index contributed by atoms with van der Waals surface area (Å²) in [5.74, 6) is -26.9. The third-order valence-electron chi connectivity index (χ3n) is 25.0. The van der Waals surface area contributed by atoms with E-state index in [1.165, 1.54) is 62.5 Å². The molecule has 0 bridgehead atoms. The van der Waals surface area contributed by atoms with Gasteiger partial charge in [0.1, 0.15) is 96.4 Å². The van der Waals surface area contributed by atoms with E-state index in [1.54, 1.807) is 95.3 Å². The van der Waals surface area contributed by atoms with E-state index in [4.69, 9.17) is 33.4 Å². The average Bonchev–Trinajstić information content (AvgIpc) is 0.839. The number of carboxylic acid groups (broad SMARTS) is 4. The number of rotatable bonds is 36. The van der Waals surface area contributed by atoms with Gasteiger partial charge in [-0.2, -0.15) is 0 Å². The largest absolute Gasteiger partial charge is 0.482 e. The SMILES string of the molecule is Cc1cccc(C[C@@H]2NC(=O)[C@H](CC(=O)O)NC(=O)[C@H](Cc3ccc(OCC(=O)O)cc3)NC(=O)[C@H](CCC(=O)O)NC(=O)CSC[C@@H](C(=O)N[C@@H](CCN)C(N)=O)NC(=O)[C@H](CCCN)NC(=O)[C@H](C(C)C)NC(=O)[C@H](CC3CCCCC3)NC(=O)[C@H](CCN)NC(=O)[C@@H](CC(C)C)NC(=O)[C@H](C)N(C)C(=O)[C@H](CCC(N)=O)NC(=O)[C@H](Cc3ccc(-c4ccccc4)cc3)NC(=O)[C@H](Cc3ccc(C(=O)O)cc3)NC2=O)c1. The number of aliphatic carboxylic acids is 3. The molecule has 28 N–H and O–H groups in total. The Morgan fingerprint density at radius 3 is 1.44 bits per heavy atom. The average molecular weight is 2090 g/mol. The highest BCUT2D eigenvalue weighted by molar-refractivity contribution is 8.00. The molecule has 15 atom stereocenters. The minimum Gasteiger partial charge on any atom is -0.482 e. The Balaban J connectivity index is 1.39. The Hall–Kier alpha value is -15.0. The van der Waals surface area contributed by atoms with Crippen LogP contribution >= 0.6 is 11.8 Å². The summed E-state index contributed by atoms with van der Waals surface area (Å²) in [5.41, 5.74) is 32.2. The van der Waals surface area contributed by atoms with Crippen LogP contribution in [-0.2, 0) is 122 Å². The van der Waals surface area contributed by atoms with Crippen LogP contribution in [0.4, 0.5) is 0 Å². The van der Waals surface area contributed by atoms with E-state index in [1.807, 2.05) is 18.2 Å². The second kappa shape index (κ2) is 60.9. The van der Waals surface area contributed by atoms with Crippen LogP contribution in [0.2, 0.25) is 0 Å². The number of carbonyl (C=O) groups is 21. The number of nitrogens with zero attached hydrogens (tertiary/aromatic N) is 1. The van der Waals surface area contributed by atoms with E-state index in [2.05, 4.69) is 74.4 Å². The van der Waals surface area contributed by atoms with Crippen LogP contribution < -0.4 is 108 Å². The number of ether oxygens (including phenoxy) is 1. The molecule has 2 aliphatic rings. The molecule has 0 spiro atoms. The van der Waals surface area contributed by atoms with E-state index in [0.717, 1.165) is 29.7 Å². The van der Waals surface area contributed by atoms with Crippen LogP contribution in [0.1, 0.15) is 176 Å². The van der Waals surface area contributed by atoms with Gasteiger partial charge in [-0.25, -0.2) is 9.59 Å². The molecule has 5 aromatic rings. The smallest absolute Gasteiger partial charge is 0.341 e. The van der Waals surface area contributed by atoms with Crippen molar-refractivity contribution in [2.45, 2.75) is 261 Å². The third-order valence-corrected chi connectivity index (χ3v) is 26.1. The number of benzene rings is 5. The summed E-state index contributed by atoms with van der Waals surface area (Å²) in [6.45, 7) is 8.29. The van der Waals surface area contributed by atoms with Gasteiger partial charge < -0.3 is 133 Å². The van der Waals surface area contributed by atoms with E-state index in [0.29, 0.717) is 46.9 Å². The zero-order valence-electron chi connectivity index (χ0n) is 84.4. The van der Waals surface area contributed by atoms with E-state index < -0.39 is 297 Å². The van der Waals surface area contributed by atoms with E-state index >= 15 is 33.6 Å². The minimum absolute atomic E-state index is 0.00379. The van der Waals surface area contributed by atoms with Gasteiger partial charge in [0.2, 0.25) is 100 Å². The van der Waals surface area contributed by atoms with Crippen LogP contribution in [0.25, 0.3) is 11.1 Å². The monoisotopic (exact) mass is 2090 g/mol. The number of likely N-dealkylation sites (N-methyl/N-ethyl adjacent to an activating group) is 1. The molecule has 1 heterocycles. The number of carbonyl (C=O) groups excluding carboxylic acids is 17. The first-order chi connectivity index (χ1) is 70.7. The molecule has 1 saturated heterocycles. The highest BCUT2D eigenvalue weighted by atomic mass is 32.2. The predicted octanol–water partition coefficient (Wildman–Crippen LogP) is -1.33. The van der Waals surface area contributed by atoms with Crippen molar-refractivity contribution < 1.29 is 126 Å². The maximum absolute atomic E-state index is 15.7. The van der Waals surface area contributed by atoms with Gasteiger partial charge in [-0.1, -0.05) is 168 Å². The number of hydrogen-bond donors (Lipinski definition) is 23. The Labute approximate surface area is 866 Å². The maximum atomic E-state index is 15.7. The first-order valence-electron chi connectivity index (χ1n) is 49.4. The number of aryl methyl sites for hydroxylation is 1. The molecular formula is C102H140N20O26S. The topological polar surface area (TPSA) is 750 Å². The summed E-state index contributed by atoms with van der Waals surface area (Å²) in [5, 5.41) is 76.2. The molecular weight excluding hydrogens is 1950 g/mol. The summed E-state index contributed by atoms with van der Waals surface area (Å²) in [4.78, 5) is 302. The second-order valence-electron chi connectivity index (χ2n) is 37.8. The zero-order chi connectivity index (χ0) is 110. The molecule has 0 unspecified atom stereocenters. The molecule has 0 aromatic heterocycles. The fraction of sp³-hybridized carbons (Fsp3) is 0.500. The van der Waals surface area contributed by atoms with Gasteiger partial charge in [-0.3, -0.25) is 91.1 Å². The molecule has 5 aromatic carbocycles. The molecule has 1 aliphatic heterocycles. The highest BCUT2D eigenvalue weighted by Crippen LogP contribution is 2.29. The van der Waals surface area contributed by atoms with Crippen molar-refractivity contribution in [2.75, 3.05) is 44.8 Å². The maximum Gasteiger partial charge on any atom is 0.341 e. The van der Waals surface area contributed by atoms with Gasteiger partial charge in [-0.05, 0) is 160 Å². The molecule has 810 valence electrons. The quantitative estimate of drug-likeness (QED) is 0.0221. The number of thioether (sulfide) groups is 1. The van der Waals surface area contributed by atoms with Crippen molar-refractivity contribution in [3.05, 3.63) is 161 Å². The van der Waals surface area contributed by atoms with Gasteiger partial charge >= 0.3 is 23.9 Å². The Morgan fingerprint density at radius 1 is 0.456 bits per heavy atom. The number of amides is 17. The molecule has 149 heavy (non-hydrogen) atoms. The lowest BCUT2D eigenvalue weighted by Crippen LogP contribution is -2.62. The van der Waals surface area contributed by atoms with Crippen LogP contribution in [0.15, 0.2) is 127 Å². The standard InChI is InChI=1S/C102H140N20O26S/c1-55(2)44-73-92(136)110-71(40-43-105)91(135)115-77(46-59-17-10-8-11-18-59)98(142)121-86(56(3)4)100(144)111-69(22-15-41-103)89(133)120-80(99(143)109-68(39-42-104)87(107)131)53-149-54-82(124)108-70(36-38-83(125)126)90(134)114-75(49-62-27-33-67(34-28-62)148-52-85(129)130)95(139)119-79(51-84(127)128)97(141)118-78(50-63-19-14-16-57(5)45-63)96(140)117-76(48-61-25-31-66(32-26-61)102(146)147)94(138)116-74(47-60-23-29-65(30-24-60)64-20-12-9-13-21-64)93(137)112-72(35-37-81(106)123)101(145)122(7)58(6)88(132)113-73/h9,12-14,16,19-21,23-34,45,55-56,58-59,68-80,86H,8,10-11,15,17-18,22,35-44,46-54,103-105H2,1-7H3,(H2,106,123)(H2,107,131)(H,108,124)(H,109,143)(H,110,136)(H,111,144)(H,112,137)(H,113,132)(H,114,134)(H,115,135)(H,116,138)(H,117,140)(H,118,141)(H,119,139)(H,120,133)(H,121,142)(H,125,126)(H,127,128)(H,129,130)(H,146,147)/t58-,68-,69-,70-,71-,72-,73+,74-,75-,76-,77-,78-,79-,80-,86-/m0/s1. The van der Waals surface area contributed by atoms with Crippen LogP contribution in [0, 0.1) is 24.7 Å². The number of aromatic carboxylic acids is 1. The minimum atomic E-state index is -2.23. The summed E-state index contributed by atoms with van der Waals surface area (Å²) < 4.78 is 5.30. The van der Waals surface area contributed by atoms with E-state index in [-0.39, 0.29) is 92.4 Å². The third kappa shape index (κ3) is 41.0. The predicted molar refractivity (Wildman–Crippen MR) is 545 cm³/mol. The second-order valence-corrected chi connectivity index (χ2v) is 38.8. The van der Waals surface area contributed by atoms with Gasteiger partial charge in [0.05, 0.1) is 17.7 Å². The first kappa shape index (κ1) is 121. The molecule has 0 radical (unpaired) electrons. The van der Waals surface area contributed by atoms with Crippen molar-refractivity contribution in [3.8, 4) is 16.9 Å². The molecule has 47 heteroatoms. The van der Waals surface area contributed by atoms with Crippen molar-refractivity contribution in [1.29, 1.82) is 0 Å². The highest BCUT2D eigenvalue weighted by Gasteiger charge is 2.42. The molecule has 1 saturated carbocycles. The Bertz CT molecular complexity index is 5480. The number of hydrogen-bond acceptors (Lipinski definition) is 26. The zero-order valence-corrected chi connectivity index (χ0v) is 85.2. The van der Waals surface area contributed by atoms with E-state index in [9.17, 15) is 87.5 Å². The van der Waals surface area contributed by atoms with Gasteiger partial charge in [0.25, 0.3) is 0 Å². The van der Waals surface area contributed by atoms with Crippen molar-refractivity contribution in [3.63, 3.8) is 0 Å². The molecule has 1 aliphatic carbocycles. The van der Waals surface area contributed by atoms with Crippen molar-refractivity contribution >= 4 is 136 Å². The summed E-state index contributed by atoms with van der Waals surface area (Å²) in [6.07, 6.45) is -3.03. The number of nitrogens with one attached hydrogen (secondary N) is 14. The Kier molecular flexibility index (Phi) is 49.5. The summed E-state index contributed by atoms with van der Waals surface area (Å²) >= 11 is 0.629. The fourth-order valence-corrected chi connectivity index (χ4v) is 17.6. The lowest BCUT2D eigenvalue weighted by Gasteiger charge is -2.32. The molecule has 17 amide bonds. The summed E-state index contributed by atoms with van der Waals surface area (Å²) in [7, 11) is 1.18. The van der Waals surface area contributed by atoms with Crippen LogP contribution in [-0.4, -0.2) is 285 Å². The molecule has 7 rings (SSSR count).